The molecule has 1 aromatic carbocycles. The van der Waals surface area contributed by atoms with E-state index in [0.29, 0.717) is 0 Å². The molecule has 1 rings (SSSR count). The van der Waals surface area contributed by atoms with Crippen molar-refractivity contribution in [3.05, 3.63) is 29.3 Å². The normalized spacial score (nSPS) is 11.1. The topological polar surface area (TPSA) is 38.3 Å². The molecule has 0 aliphatic carbocycles. The Labute approximate surface area is 103 Å². The van der Waals surface area contributed by atoms with Gasteiger partial charge in [0.1, 0.15) is 5.75 Å². The summed E-state index contributed by atoms with van der Waals surface area (Å²) in [7, 11) is 0. The van der Waals surface area contributed by atoms with E-state index in [0.717, 1.165) is 5.75 Å². The highest BCUT2D eigenvalue weighted by atomic mass is 16.5. The summed E-state index contributed by atoms with van der Waals surface area (Å²) < 4.78 is 5.44. The zero-order valence-electron chi connectivity index (χ0n) is 11.3. The highest BCUT2D eigenvalue weighted by molar-refractivity contribution is 5.78. The lowest BCUT2D eigenvalue weighted by Crippen LogP contribution is -2.43. The first-order chi connectivity index (χ1) is 7.78. The maximum Gasteiger partial charge on any atom is 0.258 e. The van der Waals surface area contributed by atoms with E-state index in [9.17, 15) is 4.79 Å². The molecule has 0 radical (unpaired) electrons. The van der Waals surface area contributed by atoms with Crippen molar-refractivity contribution in [2.24, 2.45) is 0 Å². The standard InChI is InChI=1S/C14H21NO2/c1-10-6-7-12(8-11(10)2)17-9-13(16)15-14(3,4)5/h6-8H,9H2,1-5H3,(H,15,16). The van der Waals surface area contributed by atoms with Crippen LogP contribution in [0.1, 0.15) is 31.9 Å². The van der Waals surface area contributed by atoms with Crippen molar-refractivity contribution in [1.82, 2.24) is 5.32 Å². The van der Waals surface area contributed by atoms with Crippen LogP contribution in [0.15, 0.2) is 18.2 Å². The van der Waals surface area contributed by atoms with Crippen molar-refractivity contribution in [3.63, 3.8) is 0 Å². The van der Waals surface area contributed by atoms with E-state index >= 15 is 0 Å². The Balaban J connectivity index is 2.50. The van der Waals surface area contributed by atoms with E-state index in [2.05, 4.69) is 5.32 Å². The third kappa shape index (κ3) is 4.89. The van der Waals surface area contributed by atoms with Gasteiger partial charge in [-0.2, -0.15) is 0 Å². The highest BCUT2D eigenvalue weighted by Gasteiger charge is 2.13. The Kier molecular flexibility index (Phi) is 4.16. The van der Waals surface area contributed by atoms with Crippen molar-refractivity contribution in [3.8, 4) is 5.75 Å². The summed E-state index contributed by atoms with van der Waals surface area (Å²) in [5, 5.41) is 2.85. The molecule has 0 heterocycles. The average Bonchev–Trinajstić information content (AvgIpc) is 2.17. The van der Waals surface area contributed by atoms with Gasteiger partial charge in [0.2, 0.25) is 0 Å². The molecule has 3 heteroatoms. The van der Waals surface area contributed by atoms with E-state index in [1.165, 1.54) is 11.1 Å². The van der Waals surface area contributed by atoms with Gasteiger partial charge in [-0.3, -0.25) is 4.79 Å². The fourth-order valence-electron chi connectivity index (χ4n) is 1.41. The van der Waals surface area contributed by atoms with Crippen LogP contribution in [-0.2, 0) is 4.79 Å². The Bertz CT molecular complexity index is 405. The fraction of sp³-hybridized carbons (Fsp3) is 0.500. The molecule has 94 valence electrons. The highest BCUT2D eigenvalue weighted by Crippen LogP contribution is 2.16. The number of hydrogen-bond acceptors (Lipinski definition) is 2. The van der Waals surface area contributed by atoms with E-state index < -0.39 is 0 Å². The SMILES string of the molecule is Cc1ccc(OCC(=O)NC(C)(C)C)cc1C. The van der Waals surface area contributed by atoms with Gasteiger partial charge in [-0.05, 0) is 57.9 Å². The minimum absolute atomic E-state index is 0.0553. The average molecular weight is 235 g/mol. The summed E-state index contributed by atoms with van der Waals surface area (Å²) in [5.74, 6) is 0.632. The van der Waals surface area contributed by atoms with Crippen molar-refractivity contribution < 1.29 is 9.53 Å². The first-order valence-electron chi connectivity index (χ1n) is 5.79. The summed E-state index contributed by atoms with van der Waals surface area (Å²) in [6, 6.07) is 5.82. The predicted molar refractivity (Wildman–Crippen MR) is 69.3 cm³/mol. The molecule has 1 amide bonds. The molecule has 0 aliphatic rings. The van der Waals surface area contributed by atoms with Crippen LogP contribution in [-0.4, -0.2) is 18.1 Å². The van der Waals surface area contributed by atoms with E-state index in [1.807, 2.05) is 52.8 Å². The summed E-state index contributed by atoms with van der Waals surface area (Å²) in [5.41, 5.74) is 2.17. The molecule has 0 saturated carbocycles. The van der Waals surface area contributed by atoms with E-state index in [-0.39, 0.29) is 18.1 Å². The second-order valence-electron chi connectivity index (χ2n) is 5.33. The van der Waals surface area contributed by atoms with Gasteiger partial charge < -0.3 is 10.1 Å². The monoisotopic (exact) mass is 235 g/mol. The number of carbonyl (C=O) groups excluding carboxylic acids is 1. The molecule has 0 spiro atoms. The van der Waals surface area contributed by atoms with E-state index in [1.54, 1.807) is 0 Å². The maximum absolute atomic E-state index is 11.5. The Morgan fingerprint density at radius 2 is 1.88 bits per heavy atom. The van der Waals surface area contributed by atoms with Gasteiger partial charge in [-0.15, -0.1) is 0 Å². The number of hydrogen-bond donors (Lipinski definition) is 1. The molecule has 0 aliphatic heterocycles. The van der Waals surface area contributed by atoms with Gasteiger partial charge in [0, 0.05) is 5.54 Å². The summed E-state index contributed by atoms with van der Waals surface area (Å²) in [4.78, 5) is 11.5. The predicted octanol–water partition coefficient (Wildman–Crippen LogP) is 2.60. The Morgan fingerprint density at radius 1 is 1.24 bits per heavy atom. The second kappa shape index (κ2) is 5.21. The van der Waals surface area contributed by atoms with Gasteiger partial charge in [0.05, 0.1) is 0 Å². The van der Waals surface area contributed by atoms with Crippen LogP contribution in [0.25, 0.3) is 0 Å². The van der Waals surface area contributed by atoms with Crippen molar-refractivity contribution in [2.45, 2.75) is 40.2 Å². The van der Waals surface area contributed by atoms with Crippen LogP contribution in [0.4, 0.5) is 0 Å². The number of rotatable bonds is 3. The van der Waals surface area contributed by atoms with Gasteiger partial charge in [-0.25, -0.2) is 0 Å². The zero-order valence-corrected chi connectivity index (χ0v) is 11.3. The number of aryl methyl sites for hydroxylation is 2. The smallest absolute Gasteiger partial charge is 0.258 e. The van der Waals surface area contributed by atoms with Gasteiger partial charge in [0.25, 0.3) is 5.91 Å². The summed E-state index contributed by atoms with van der Waals surface area (Å²) >= 11 is 0. The first-order valence-corrected chi connectivity index (χ1v) is 5.79. The van der Waals surface area contributed by atoms with E-state index in [4.69, 9.17) is 4.74 Å². The van der Waals surface area contributed by atoms with Crippen LogP contribution in [0.5, 0.6) is 5.75 Å². The minimum atomic E-state index is -0.219. The molecule has 0 unspecified atom stereocenters. The summed E-state index contributed by atoms with van der Waals surface area (Å²) in [6.07, 6.45) is 0. The zero-order chi connectivity index (χ0) is 13.1. The lowest BCUT2D eigenvalue weighted by Gasteiger charge is -2.20. The van der Waals surface area contributed by atoms with Gasteiger partial charge in [0.15, 0.2) is 6.61 Å². The minimum Gasteiger partial charge on any atom is -0.484 e. The number of ether oxygens (including phenoxy) is 1. The van der Waals surface area contributed by atoms with Gasteiger partial charge >= 0.3 is 0 Å². The molecule has 0 aromatic heterocycles. The summed E-state index contributed by atoms with van der Waals surface area (Å²) in [6.45, 7) is 9.96. The second-order valence-corrected chi connectivity index (χ2v) is 5.33. The molecular weight excluding hydrogens is 214 g/mol. The molecule has 0 bridgehead atoms. The largest absolute Gasteiger partial charge is 0.484 e. The number of nitrogens with one attached hydrogen (secondary N) is 1. The molecule has 0 atom stereocenters. The Morgan fingerprint density at radius 3 is 2.41 bits per heavy atom. The third-order valence-corrected chi connectivity index (χ3v) is 2.36. The van der Waals surface area contributed by atoms with Crippen molar-refractivity contribution >= 4 is 5.91 Å². The fourth-order valence-corrected chi connectivity index (χ4v) is 1.41. The number of amides is 1. The molecule has 3 nitrogen and oxygen atoms in total. The van der Waals surface area contributed by atoms with Crippen LogP contribution in [0.2, 0.25) is 0 Å². The maximum atomic E-state index is 11.5. The molecule has 17 heavy (non-hydrogen) atoms. The molecule has 1 N–H and O–H groups in total. The quantitative estimate of drug-likeness (QED) is 0.874. The van der Waals surface area contributed by atoms with Crippen molar-refractivity contribution in [1.29, 1.82) is 0 Å². The van der Waals surface area contributed by atoms with Crippen LogP contribution < -0.4 is 10.1 Å². The molecule has 0 fully saturated rings. The third-order valence-electron chi connectivity index (χ3n) is 2.36. The number of carbonyl (C=O) groups is 1. The van der Waals surface area contributed by atoms with Crippen LogP contribution in [0, 0.1) is 13.8 Å². The van der Waals surface area contributed by atoms with Crippen LogP contribution >= 0.6 is 0 Å². The van der Waals surface area contributed by atoms with Crippen LogP contribution in [0.3, 0.4) is 0 Å². The lowest BCUT2D eigenvalue weighted by atomic mass is 10.1. The van der Waals surface area contributed by atoms with Crippen molar-refractivity contribution in [2.75, 3.05) is 6.61 Å². The lowest BCUT2D eigenvalue weighted by molar-refractivity contribution is -0.124. The molecule has 1 aromatic rings. The Hall–Kier alpha value is -1.51. The molecular formula is C14H21NO2. The molecule has 0 saturated heterocycles. The first kappa shape index (κ1) is 13.6. The van der Waals surface area contributed by atoms with Gasteiger partial charge in [-0.1, -0.05) is 6.07 Å². The number of benzene rings is 1.